The summed E-state index contributed by atoms with van der Waals surface area (Å²) >= 11 is 0. The van der Waals surface area contributed by atoms with E-state index in [1.54, 1.807) is 25.3 Å². The summed E-state index contributed by atoms with van der Waals surface area (Å²) in [6.07, 6.45) is 4.32. The second-order valence-corrected chi connectivity index (χ2v) is 6.32. The van der Waals surface area contributed by atoms with Crippen LogP contribution in [0.2, 0.25) is 0 Å². The number of carbonyl (C=O) groups is 2. The van der Waals surface area contributed by atoms with Crippen LogP contribution in [0.5, 0.6) is 0 Å². The summed E-state index contributed by atoms with van der Waals surface area (Å²) in [7, 11) is 3.55. The minimum atomic E-state index is -0.0430. The Hall–Kier alpha value is -1.78. The summed E-state index contributed by atoms with van der Waals surface area (Å²) in [4.78, 5) is 28.1. The Morgan fingerprint density at radius 1 is 1.38 bits per heavy atom. The predicted octanol–water partition coefficient (Wildman–Crippen LogP) is 1.71. The zero-order valence-corrected chi connectivity index (χ0v) is 12.6. The molecule has 2 aliphatic rings. The average Bonchev–Trinajstić information content (AvgIpc) is 3.10. The van der Waals surface area contributed by atoms with E-state index < -0.39 is 0 Å². The van der Waals surface area contributed by atoms with Gasteiger partial charge in [0.2, 0.25) is 11.8 Å². The van der Waals surface area contributed by atoms with Crippen molar-refractivity contribution in [2.24, 2.45) is 11.8 Å². The largest absolute Gasteiger partial charge is 0.469 e. The van der Waals surface area contributed by atoms with Gasteiger partial charge in [0.05, 0.1) is 12.2 Å². The Balaban J connectivity index is 1.59. The maximum atomic E-state index is 12.6. The summed E-state index contributed by atoms with van der Waals surface area (Å²) in [5, 5.41) is 0. The molecule has 1 saturated carbocycles. The van der Waals surface area contributed by atoms with E-state index in [1.165, 1.54) is 0 Å². The van der Waals surface area contributed by atoms with Crippen molar-refractivity contribution < 1.29 is 14.0 Å². The first-order valence-corrected chi connectivity index (χ1v) is 7.61. The van der Waals surface area contributed by atoms with Gasteiger partial charge in [-0.05, 0) is 31.4 Å². The first-order chi connectivity index (χ1) is 10.1. The number of furan rings is 1. The highest BCUT2D eigenvalue weighted by Crippen LogP contribution is 2.48. The minimum Gasteiger partial charge on any atom is -0.469 e. The quantitative estimate of drug-likeness (QED) is 0.851. The maximum absolute atomic E-state index is 12.6. The molecular weight excluding hydrogens is 268 g/mol. The summed E-state index contributed by atoms with van der Waals surface area (Å²) < 4.78 is 5.38. The first-order valence-electron chi connectivity index (χ1n) is 7.61. The van der Waals surface area contributed by atoms with Crippen LogP contribution < -0.4 is 0 Å². The molecule has 1 aliphatic carbocycles. The molecule has 5 heteroatoms. The van der Waals surface area contributed by atoms with Crippen LogP contribution in [0.3, 0.4) is 0 Å². The molecule has 21 heavy (non-hydrogen) atoms. The lowest BCUT2D eigenvalue weighted by Crippen LogP contribution is -2.45. The molecule has 1 aromatic heterocycles. The van der Waals surface area contributed by atoms with Gasteiger partial charge < -0.3 is 14.2 Å². The molecular formula is C16H22N2O3. The van der Waals surface area contributed by atoms with Crippen LogP contribution >= 0.6 is 0 Å². The third-order valence-corrected chi connectivity index (χ3v) is 4.54. The molecule has 0 bridgehead atoms. The Morgan fingerprint density at radius 2 is 2.19 bits per heavy atom. The van der Waals surface area contributed by atoms with Crippen molar-refractivity contribution in [2.45, 2.75) is 25.2 Å². The highest BCUT2D eigenvalue weighted by Gasteiger charge is 2.48. The number of piperidine rings is 1. The van der Waals surface area contributed by atoms with Gasteiger partial charge in [-0.3, -0.25) is 9.59 Å². The normalized spacial score (nSPS) is 28.3. The third-order valence-electron chi connectivity index (χ3n) is 4.54. The molecule has 114 valence electrons. The van der Waals surface area contributed by atoms with Crippen LogP contribution in [0.25, 0.3) is 0 Å². The number of hydrogen-bond donors (Lipinski definition) is 0. The van der Waals surface area contributed by atoms with Crippen LogP contribution in [0.4, 0.5) is 0 Å². The zero-order valence-electron chi connectivity index (χ0n) is 12.6. The third kappa shape index (κ3) is 2.82. The molecule has 2 heterocycles. The smallest absolute Gasteiger partial charge is 0.226 e. The summed E-state index contributed by atoms with van der Waals surface area (Å²) in [5.41, 5.74) is 0. The van der Waals surface area contributed by atoms with Crippen LogP contribution in [0.1, 0.15) is 30.9 Å². The summed E-state index contributed by atoms with van der Waals surface area (Å²) in [5.74, 6) is 1.46. The van der Waals surface area contributed by atoms with E-state index in [9.17, 15) is 9.59 Å². The molecule has 2 fully saturated rings. The highest BCUT2D eigenvalue weighted by atomic mass is 16.3. The molecule has 0 spiro atoms. The van der Waals surface area contributed by atoms with Gasteiger partial charge in [-0.25, -0.2) is 0 Å². The van der Waals surface area contributed by atoms with Crippen molar-refractivity contribution in [3.8, 4) is 0 Å². The monoisotopic (exact) mass is 290 g/mol. The molecule has 3 rings (SSSR count). The van der Waals surface area contributed by atoms with Crippen LogP contribution in [-0.4, -0.2) is 48.8 Å². The van der Waals surface area contributed by atoms with Gasteiger partial charge >= 0.3 is 0 Å². The first kappa shape index (κ1) is 14.2. The van der Waals surface area contributed by atoms with Gasteiger partial charge in [-0.2, -0.15) is 0 Å². The fourth-order valence-corrected chi connectivity index (χ4v) is 3.26. The molecule has 1 saturated heterocycles. The van der Waals surface area contributed by atoms with E-state index in [0.717, 1.165) is 31.6 Å². The topological polar surface area (TPSA) is 53.8 Å². The Morgan fingerprint density at radius 3 is 2.86 bits per heavy atom. The average molecular weight is 290 g/mol. The Bertz CT molecular complexity index is 524. The maximum Gasteiger partial charge on any atom is 0.226 e. The van der Waals surface area contributed by atoms with E-state index >= 15 is 0 Å². The van der Waals surface area contributed by atoms with Crippen LogP contribution in [0.15, 0.2) is 22.8 Å². The molecule has 5 nitrogen and oxygen atoms in total. The molecule has 0 aromatic carbocycles. The molecule has 1 aliphatic heterocycles. The van der Waals surface area contributed by atoms with E-state index in [2.05, 4.69) is 0 Å². The minimum absolute atomic E-state index is 0.0430. The lowest BCUT2D eigenvalue weighted by atomic mass is 9.96. The molecule has 1 aromatic rings. The van der Waals surface area contributed by atoms with Crippen molar-refractivity contribution in [3.63, 3.8) is 0 Å². The van der Waals surface area contributed by atoms with Gasteiger partial charge in [0.15, 0.2) is 0 Å². The second kappa shape index (κ2) is 5.54. The van der Waals surface area contributed by atoms with Crippen molar-refractivity contribution in [2.75, 3.05) is 27.2 Å². The van der Waals surface area contributed by atoms with Crippen molar-refractivity contribution >= 4 is 11.8 Å². The van der Waals surface area contributed by atoms with Gasteiger partial charge in [0.25, 0.3) is 0 Å². The Kier molecular flexibility index (Phi) is 3.74. The summed E-state index contributed by atoms with van der Waals surface area (Å²) in [6.45, 7) is 1.34. The van der Waals surface area contributed by atoms with Crippen molar-refractivity contribution in [1.29, 1.82) is 0 Å². The van der Waals surface area contributed by atoms with Gasteiger partial charge in [-0.15, -0.1) is 0 Å². The number of likely N-dealkylation sites (tertiary alicyclic amines) is 1. The number of carbonyl (C=O) groups excluding carboxylic acids is 2. The number of amides is 2. The Labute approximate surface area is 124 Å². The van der Waals surface area contributed by atoms with E-state index in [1.807, 2.05) is 17.0 Å². The number of hydrogen-bond acceptors (Lipinski definition) is 3. The fourth-order valence-electron chi connectivity index (χ4n) is 3.26. The fraction of sp³-hybridized carbons (Fsp3) is 0.625. The highest BCUT2D eigenvalue weighted by molar-refractivity contribution is 5.84. The van der Waals surface area contributed by atoms with Gasteiger partial charge in [0.1, 0.15) is 5.76 Å². The molecule has 0 radical (unpaired) electrons. The van der Waals surface area contributed by atoms with Gasteiger partial charge in [-0.1, -0.05) is 0 Å². The van der Waals surface area contributed by atoms with E-state index in [0.29, 0.717) is 6.54 Å². The van der Waals surface area contributed by atoms with E-state index in [4.69, 9.17) is 4.42 Å². The number of nitrogens with zero attached hydrogens (tertiary/aromatic N) is 2. The van der Waals surface area contributed by atoms with Crippen molar-refractivity contribution in [3.05, 3.63) is 24.2 Å². The molecule has 2 amide bonds. The predicted molar refractivity (Wildman–Crippen MR) is 77.6 cm³/mol. The lowest BCUT2D eigenvalue weighted by Gasteiger charge is -2.33. The molecule has 3 atom stereocenters. The zero-order chi connectivity index (χ0) is 15.0. The number of rotatable bonds is 3. The molecule has 3 unspecified atom stereocenters. The van der Waals surface area contributed by atoms with Crippen LogP contribution in [0, 0.1) is 11.8 Å². The second-order valence-electron chi connectivity index (χ2n) is 6.32. The van der Waals surface area contributed by atoms with Crippen molar-refractivity contribution in [1.82, 2.24) is 9.80 Å². The van der Waals surface area contributed by atoms with Crippen LogP contribution in [-0.2, 0) is 9.59 Å². The van der Waals surface area contributed by atoms with Gasteiger partial charge in [0, 0.05) is 39.0 Å². The summed E-state index contributed by atoms with van der Waals surface area (Å²) in [6, 6.07) is 3.80. The van der Waals surface area contributed by atoms with E-state index in [-0.39, 0.29) is 29.6 Å². The lowest BCUT2D eigenvalue weighted by molar-refractivity contribution is -0.140. The molecule has 0 N–H and O–H groups in total. The standard InChI is InChI=1S/C16H22N2O3/c1-17(2)15(19)11-5-3-7-18(10-11)16(20)13-9-12(13)14-6-4-8-21-14/h4,6,8,11-13H,3,5,7,9-10H2,1-2H3. The SMILES string of the molecule is CN(C)C(=O)C1CCCN(C(=O)C2CC2c2ccco2)C1.